The van der Waals surface area contributed by atoms with Crippen molar-refractivity contribution in [1.82, 2.24) is 5.32 Å². The summed E-state index contributed by atoms with van der Waals surface area (Å²) in [5.41, 5.74) is 4.70. The molecule has 0 radical (unpaired) electrons. The average Bonchev–Trinajstić information content (AvgIpc) is 3.12. The SMILES string of the molecule is O=C(CCC(=O)c1ccc2c(c1)CCC2)NCCCc1ccccc1. The van der Waals surface area contributed by atoms with Crippen LogP contribution in [0.25, 0.3) is 0 Å². The molecule has 1 aliphatic carbocycles. The third kappa shape index (κ3) is 5.02. The highest BCUT2D eigenvalue weighted by Crippen LogP contribution is 2.23. The van der Waals surface area contributed by atoms with Crippen molar-refractivity contribution in [2.24, 2.45) is 0 Å². The molecule has 1 N–H and O–H groups in total. The van der Waals surface area contributed by atoms with Gasteiger partial charge < -0.3 is 5.32 Å². The third-order valence-electron chi connectivity index (χ3n) is 4.81. The Morgan fingerprint density at radius 2 is 1.72 bits per heavy atom. The monoisotopic (exact) mass is 335 g/mol. The second kappa shape index (κ2) is 8.61. The number of nitrogens with one attached hydrogen (secondary N) is 1. The van der Waals surface area contributed by atoms with E-state index in [2.05, 4.69) is 23.5 Å². The number of hydrogen-bond acceptors (Lipinski definition) is 2. The zero-order chi connectivity index (χ0) is 17.5. The first-order chi connectivity index (χ1) is 12.2. The van der Waals surface area contributed by atoms with Gasteiger partial charge in [0, 0.05) is 24.9 Å². The van der Waals surface area contributed by atoms with Crippen LogP contribution in [0.5, 0.6) is 0 Å². The number of carbonyl (C=O) groups is 2. The van der Waals surface area contributed by atoms with Crippen molar-refractivity contribution in [2.45, 2.75) is 44.9 Å². The number of carbonyl (C=O) groups excluding carboxylic acids is 2. The van der Waals surface area contributed by atoms with Crippen LogP contribution in [-0.4, -0.2) is 18.2 Å². The van der Waals surface area contributed by atoms with Crippen LogP contribution in [-0.2, 0) is 24.1 Å². The fourth-order valence-electron chi connectivity index (χ4n) is 3.37. The lowest BCUT2D eigenvalue weighted by Gasteiger charge is -2.06. The first kappa shape index (κ1) is 17.4. The number of ketones is 1. The fourth-order valence-corrected chi connectivity index (χ4v) is 3.37. The zero-order valence-corrected chi connectivity index (χ0v) is 14.6. The smallest absolute Gasteiger partial charge is 0.220 e. The van der Waals surface area contributed by atoms with Crippen molar-refractivity contribution in [2.75, 3.05) is 6.54 Å². The molecule has 2 aromatic carbocycles. The van der Waals surface area contributed by atoms with Gasteiger partial charge >= 0.3 is 0 Å². The van der Waals surface area contributed by atoms with Gasteiger partial charge in [0.25, 0.3) is 0 Å². The van der Waals surface area contributed by atoms with E-state index in [1.54, 1.807) is 0 Å². The van der Waals surface area contributed by atoms with Gasteiger partial charge in [-0.2, -0.15) is 0 Å². The van der Waals surface area contributed by atoms with Gasteiger partial charge in [-0.1, -0.05) is 42.5 Å². The molecule has 130 valence electrons. The molecule has 0 bridgehead atoms. The fraction of sp³-hybridized carbons (Fsp3) is 0.364. The highest BCUT2D eigenvalue weighted by molar-refractivity contribution is 5.98. The van der Waals surface area contributed by atoms with Crippen molar-refractivity contribution in [1.29, 1.82) is 0 Å². The molecule has 25 heavy (non-hydrogen) atoms. The van der Waals surface area contributed by atoms with Crippen LogP contribution in [0.4, 0.5) is 0 Å². The highest BCUT2D eigenvalue weighted by atomic mass is 16.2. The summed E-state index contributed by atoms with van der Waals surface area (Å²) in [7, 11) is 0. The Morgan fingerprint density at radius 1 is 0.920 bits per heavy atom. The first-order valence-corrected chi connectivity index (χ1v) is 9.18. The summed E-state index contributed by atoms with van der Waals surface area (Å²) in [4.78, 5) is 24.2. The predicted octanol–water partition coefficient (Wildman–Crippen LogP) is 3.89. The number of fused-ring (bicyclic) bond motifs is 1. The highest BCUT2D eigenvalue weighted by Gasteiger charge is 2.14. The lowest BCUT2D eigenvalue weighted by atomic mass is 10.0. The number of hydrogen-bond donors (Lipinski definition) is 1. The lowest BCUT2D eigenvalue weighted by Crippen LogP contribution is -2.25. The maximum absolute atomic E-state index is 12.3. The van der Waals surface area contributed by atoms with Crippen molar-refractivity contribution >= 4 is 11.7 Å². The first-order valence-electron chi connectivity index (χ1n) is 9.18. The van der Waals surface area contributed by atoms with Gasteiger partial charge in [-0.15, -0.1) is 0 Å². The normalized spacial score (nSPS) is 12.6. The Labute approximate surface area is 149 Å². The molecule has 3 heteroatoms. The van der Waals surface area contributed by atoms with Gasteiger partial charge in [-0.3, -0.25) is 9.59 Å². The standard InChI is InChI=1S/C22H25NO2/c24-21(20-12-11-18-9-4-10-19(18)16-20)13-14-22(25)23-15-5-8-17-6-2-1-3-7-17/h1-3,6-7,11-12,16H,4-5,8-10,13-15H2,(H,23,25). The number of aryl methyl sites for hydroxylation is 3. The second-order valence-corrected chi connectivity index (χ2v) is 6.70. The van der Waals surface area contributed by atoms with E-state index in [1.807, 2.05) is 30.3 Å². The molecule has 0 aromatic heterocycles. The predicted molar refractivity (Wildman–Crippen MR) is 99.8 cm³/mol. The van der Waals surface area contributed by atoms with Gasteiger partial charge in [-0.25, -0.2) is 0 Å². The van der Waals surface area contributed by atoms with E-state index in [-0.39, 0.29) is 24.5 Å². The summed E-state index contributed by atoms with van der Waals surface area (Å²) >= 11 is 0. The molecule has 0 aliphatic heterocycles. The Hall–Kier alpha value is -2.42. The molecule has 1 amide bonds. The van der Waals surface area contributed by atoms with E-state index >= 15 is 0 Å². The maximum Gasteiger partial charge on any atom is 0.220 e. The summed E-state index contributed by atoms with van der Waals surface area (Å²) in [6, 6.07) is 16.2. The van der Waals surface area contributed by atoms with Gasteiger partial charge in [0.05, 0.1) is 0 Å². The van der Waals surface area contributed by atoms with Gasteiger partial charge in [-0.05, 0) is 54.9 Å². The number of rotatable bonds is 8. The van der Waals surface area contributed by atoms with Gasteiger partial charge in [0.1, 0.15) is 0 Å². The molecular formula is C22H25NO2. The second-order valence-electron chi connectivity index (χ2n) is 6.70. The number of benzene rings is 2. The van der Waals surface area contributed by atoms with Crippen LogP contribution in [0.2, 0.25) is 0 Å². The van der Waals surface area contributed by atoms with Crippen molar-refractivity contribution in [3.05, 3.63) is 70.8 Å². The molecule has 3 rings (SSSR count). The molecule has 0 unspecified atom stereocenters. The molecule has 3 nitrogen and oxygen atoms in total. The average molecular weight is 335 g/mol. The molecule has 0 saturated heterocycles. The van der Waals surface area contributed by atoms with Crippen LogP contribution in [0, 0.1) is 0 Å². The summed E-state index contributed by atoms with van der Waals surface area (Å²) in [6.45, 7) is 0.654. The third-order valence-corrected chi connectivity index (χ3v) is 4.81. The maximum atomic E-state index is 12.3. The topological polar surface area (TPSA) is 46.2 Å². The Kier molecular flexibility index (Phi) is 5.99. The zero-order valence-electron chi connectivity index (χ0n) is 14.6. The summed E-state index contributed by atoms with van der Waals surface area (Å²) in [6.07, 6.45) is 5.78. The minimum atomic E-state index is -0.0393. The quantitative estimate of drug-likeness (QED) is 0.588. The summed E-state index contributed by atoms with van der Waals surface area (Å²) in [5, 5.41) is 2.91. The molecule has 0 fully saturated rings. The van der Waals surface area contributed by atoms with Crippen LogP contribution in [0.1, 0.15) is 52.7 Å². The Balaban J connectivity index is 1.36. The van der Waals surface area contributed by atoms with Crippen molar-refractivity contribution in [3.8, 4) is 0 Å². The minimum Gasteiger partial charge on any atom is -0.356 e. The molecule has 0 heterocycles. The van der Waals surface area contributed by atoms with Crippen molar-refractivity contribution in [3.63, 3.8) is 0 Å². The van der Waals surface area contributed by atoms with Crippen LogP contribution in [0.15, 0.2) is 48.5 Å². The van der Waals surface area contributed by atoms with Crippen LogP contribution in [0.3, 0.4) is 0 Å². The Morgan fingerprint density at radius 3 is 2.56 bits per heavy atom. The lowest BCUT2D eigenvalue weighted by molar-refractivity contribution is -0.121. The molecular weight excluding hydrogens is 310 g/mol. The van der Waals surface area contributed by atoms with Crippen molar-refractivity contribution < 1.29 is 9.59 Å². The molecule has 0 spiro atoms. The largest absolute Gasteiger partial charge is 0.356 e. The van der Waals surface area contributed by atoms with E-state index in [0.29, 0.717) is 6.54 Å². The van der Waals surface area contributed by atoms with E-state index in [4.69, 9.17) is 0 Å². The van der Waals surface area contributed by atoms with E-state index in [0.717, 1.165) is 31.2 Å². The van der Waals surface area contributed by atoms with Gasteiger partial charge in [0.2, 0.25) is 5.91 Å². The van der Waals surface area contributed by atoms with Crippen LogP contribution >= 0.6 is 0 Å². The van der Waals surface area contributed by atoms with Gasteiger partial charge in [0.15, 0.2) is 5.78 Å². The van der Waals surface area contributed by atoms with E-state index < -0.39 is 0 Å². The summed E-state index contributed by atoms with van der Waals surface area (Å²) in [5.74, 6) is 0.0247. The molecule has 0 atom stereocenters. The molecule has 1 aliphatic rings. The number of amides is 1. The van der Waals surface area contributed by atoms with E-state index in [9.17, 15) is 9.59 Å². The Bertz CT molecular complexity index is 737. The molecule has 2 aromatic rings. The molecule has 0 saturated carbocycles. The minimum absolute atomic E-state index is 0.0393. The van der Waals surface area contributed by atoms with Crippen LogP contribution < -0.4 is 5.32 Å². The van der Waals surface area contributed by atoms with E-state index in [1.165, 1.54) is 23.1 Å². The summed E-state index contributed by atoms with van der Waals surface area (Å²) < 4.78 is 0. The number of Topliss-reactive ketones (excluding diaryl/α,β-unsaturated/α-hetero) is 1.